The van der Waals surface area contributed by atoms with Crippen LogP contribution in [0.1, 0.15) is 95.3 Å². The molecule has 2 aliphatic heterocycles. The van der Waals surface area contributed by atoms with Gasteiger partial charge in [-0.05, 0) is 89.8 Å². The van der Waals surface area contributed by atoms with Gasteiger partial charge in [-0.2, -0.15) is 5.10 Å². The molecule has 6 rings (SSSR count). The minimum atomic E-state index is -0.327. The quantitative estimate of drug-likeness (QED) is 0.647. The Morgan fingerprint density at radius 2 is 1.62 bits per heavy atom. The topological polar surface area (TPSA) is 39.5 Å². The van der Waals surface area contributed by atoms with E-state index in [1.807, 2.05) is 6.20 Å². The Balaban J connectivity index is 1.12. The van der Waals surface area contributed by atoms with Gasteiger partial charge in [0.2, 0.25) is 0 Å². The van der Waals surface area contributed by atoms with Crippen LogP contribution in [0.15, 0.2) is 36.7 Å². The van der Waals surface area contributed by atoms with Crippen LogP contribution in [0.4, 0.5) is 0 Å². The molecule has 0 spiro atoms. The van der Waals surface area contributed by atoms with Crippen molar-refractivity contribution >= 4 is 12.6 Å². The zero-order valence-corrected chi connectivity index (χ0v) is 20.0. The van der Waals surface area contributed by atoms with Gasteiger partial charge >= 0.3 is 7.12 Å². The van der Waals surface area contributed by atoms with Crippen molar-refractivity contribution < 1.29 is 9.31 Å². The van der Waals surface area contributed by atoms with Crippen molar-refractivity contribution in [1.29, 1.82) is 0 Å². The molecule has 6 heteroatoms. The summed E-state index contributed by atoms with van der Waals surface area (Å²) in [4.78, 5) is 2.80. The van der Waals surface area contributed by atoms with Crippen LogP contribution >= 0.6 is 0 Å². The van der Waals surface area contributed by atoms with Crippen LogP contribution in [0, 0.1) is 0 Å². The lowest BCUT2D eigenvalue weighted by molar-refractivity contribution is 0.00578. The van der Waals surface area contributed by atoms with Crippen LogP contribution in [0.3, 0.4) is 0 Å². The number of likely N-dealkylation sites (tertiary alicyclic amines) is 1. The highest BCUT2D eigenvalue weighted by Crippen LogP contribution is 2.48. The number of rotatable bonds is 5. The summed E-state index contributed by atoms with van der Waals surface area (Å²) in [7, 11) is -0.327. The monoisotopic (exact) mass is 433 g/mol. The molecule has 32 heavy (non-hydrogen) atoms. The smallest absolute Gasteiger partial charge is 0.399 e. The molecule has 2 aromatic rings. The molecule has 1 unspecified atom stereocenters. The summed E-state index contributed by atoms with van der Waals surface area (Å²) in [6, 6.07) is 11.0. The fourth-order valence-corrected chi connectivity index (χ4v) is 5.84. The molecular weight excluding hydrogens is 397 g/mol. The first-order chi connectivity index (χ1) is 15.3. The van der Waals surface area contributed by atoms with E-state index in [0.717, 1.165) is 11.4 Å². The molecular formula is C26H36BN3O2. The molecule has 0 bridgehead atoms. The molecule has 1 aromatic heterocycles. The van der Waals surface area contributed by atoms with Crippen molar-refractivity contribution in [2.45, 2.75) is 101 Å². The summed E-state index contributed by atoms with van der Waals surface area (Å²) in [5, 5.41) is 4.70. The van der Waals surface area contributed by atoms with Crippen LogP contribution in [0.5, 0.6) is 0 Å². The molecule has 2 saturated carbocycles. The highest BCUT2D eigenvalue weighted by molar-refractivity contribution is 6.62. The minimum absolute atomic E-state index is 0.317. The van der Waals surface area contributed by atoms with Crippen molar-refractivity contribution in [3.05, 3.63) is 47.8 Å². The third-order valence-electron chi connectivity index (χ3n) is 8.74. The average Bonchev–Trinajstić information content (AvgIpc) is 3.16. The normalized spacial score (nSPS) is 31.8. The van der Waals surface area contributed by atoms with E-state index in [0.29, 0.717) is 18.1 Å². The third kappa shape index (κ3) is 3.46. The minimum Gasteiger partial charge on any atom is -0.399 e. The van der Waals surface area contributed by atoms with Gasteiger partial charge in [0.15, 0.2) is 0 Å². The largest absolute Gasteiger partial charge is 0.498 e. The molecule has 170 valence electrons. The van der Waals surface area contributed by atoms with Crippen LogP contribution in [-0.2, 0) is 9.31 Å². The summed E-state index contributed by atoms with van der Waals surface area (Å²) < 4.78 is 14.6. The van der Waals surface area contributed by atoms with E-state index < -0.39 is 0 Å². The lowest BCUT2D eigenvalue weighted by Crippen LogP contribution is -2.45. The van der Waals surface area contributed by atoms with Crippen molar-refractivity contribution in [3.63, 3.8) is 0 Å². The van der Waals surface area contributed by atoms with E-state index in [1.54, 1.807) is 11.1 Å². The Morgan fingerprint density at radius 3 is 2.31 bits per heavy atom. The third-order valence-corrected chi connectivity index (χ3v) is 8.74. The Bertz CT molecular complexity index is 976. The van der Waals surface area contributed by atoms with Gasteiger partial charge in [0.05, 0.1) is 17.2 Å². The summed E-state index contributed by atoms with van der Waals surface area (Å²) in [6.45, 7) is 9.63. The van der Waals surface area contributed by atoms with Crippen molar-refractivity contribution in [1.82, 2.24) is 14.7 Å². The first-order valence-electron chi connectivity index (χ1n) is 12.6. The molecule has 1 atom stereocenters. The van der Waals surface area contributed by atoms with E-state index >= 15 is 0 Å². The summed E-state index contributed by atoms with van der Waals surface area (Å²) in [6.07, 6.45) is 11.8. The van der Waals surface area contributed by atoms with Crippen LogP contribution < -0.4 is 5.46 Å². The van der Waals surface area contributed by atoms with Crippen LogP contribution in [0.25, 0.3) is 0 Å². The standard InChI is InChI=1S/C26H36BN3O2/c1-25(2)26(3,4)32-27(31-25)19-16-28-30(17-19)21-14-20(15-21)29-13-7-10-24(29)23-9-6-5-8-22(23)18-11-12-18/h5-6,8-9,16-18,20-21,24H,7,10-15H2,1-4H3. The van der Waals surface area contributed by atoms with Gasteiger partial charge in [-0.25, -0.2) is 0 Å². The second kappa shape index (κ2) is 7.44. The van der Waals surface area contributed by atoms with Gasteiger partial charge in [0.1, 0.15) is 0 Å². The second-order valence-electron chi connectivity index (χ2n) is 11.4. The molecule has 3 heterocycles. The zero-order valence-electron chi connectivity index (χ0n) is 20.0. The Labute approximate surface area is 192 Å². The molecule has 2 aliphatic carbocycles. The Morgan fingerprint density at radius 1 is 0.938 bits per heavy atom. The first kappa shape index (κ1) is 20.9. The molecule has 5 nitrogen and oxygen atoms in total. The molecule has 1 aromatic carbocycles. The highest BCUT2D eigenvalue weighted by Gasteiger charge is 2.52. The number of nitrogens with zero attached hydrogens (tertiary/aromatic N) is 3. The predicted octanol–water partition coefficient (Wildman–Crippen LogP) is 4.60. The SMILES string of the molecule is CC1(C)OB(c2cnn(C3CC(N4CCCC4c4ccccc4C4CC4)C3)c2)OC1(C)C. The van der Waals surface area contributed by atoms with E-state index in [4.69, 9.17) is 14.4 Å². The predicted molar refractivity (Wildman–Crippen MR) is 127 cm³/mol. The maximum absolute atomic E-state index is 6.21. The highest BCUT2D eigenvalue weighted by atomic mass is 16.7. The number of hydrogen-bond donors (Lipinski definition) is 0. The van der Waals surface area contributed by atoms with Gasteiger partial charge in [0, 0.05) is 29.9 Å². The van der Waals surface area contributed by atoms with Gasteiger partial charge < -0.3 is 9.31 Å². The van der Waals surface area contributed by atoms with Crippen molar-refractivity contribution in [2.75, 3.05) is 6.54 Å². The van der Waals surface area contributed by atoms with E-state index in [9.17, 15) is 0 Å². The number of hydrogen-bond acceptors (Lipinski definition) is 4. The number of aromatic nitrogens is 2. The summed E-state index contributed by atoms with van der Waals surface area (Å²) >= 11 is 0. The molecule has 0 N–H and O–H groups in total. The van der Waals surface area contributed by atoms with Gasteiger partial charge in [-0.1, -0.05) is 24.3 Å². The maximum Gasteiger partial charge on any atom is 0.498 e. The van der Waals surface area contributed by atoms with Gasteiger partial charge in [-0.15, -0.1) is 0 Å². The second-order valence-corrected chi connectivity index (χ2v) is 11.4. The van der Waals surface area contributed by atoms with E-state index in [-0.39, 0.29) is 18.3 Å². The number of benzene rings is 1. The van der Waals surface area contributed by atoms with Crippen molar-refractivity contribution in [2.24, 2.45) is 0 Å². The molecule has 0 radical (unpaired) electrons. The lowest BCUT2D eigenvalue weighted by atomic mass is 9.81. The zero-order chi connectivity index (χ0) is 22.1. The van der Waals surface area contributed by atoms with E-state index in [2.05, 4.69) is 67.7 Å². The first-order valence-corrected chi connectivity index (χ1v) is 12.6. The fourth-order valence-electron chi connectivity index (χ4n) is 5.84. The summed E-state index contributed by atoms with van der Waals surface area (Å²) in [5.74, 6) is 0.820. The van der Waals surface area contributed by atoms with Crippen LogP contribution in [-0.4, -0.2) is 45.6 Å². The fraction of sp³-hybridized carbons (Fsp3) is 0.654. The van der Waals surface area contributed by atoms with Crippen molar-refractivity contribution in [3.8, 4) is 0 Å². The molecule has 2 saturated heterocycles. The average molecular weight is 433 g/mol. The van der Waals surface area contributed by atoms with Gasteiger partial charge in [0.25, 0.3) is 0 Å². The van der Waals surface area contributed by atoms with Crippen LogP contribution in [0.2, 0.25) is 0 Å². The summed E-state index contributed by atoms with van der Waals surface area (Å²) in [5.41, 5.74) is 3.63. The molecule has 0 amide bonds. The van der Waals surface area contributed by atoms with Gasteiger partial charge in [-0.3, -0.25) is 9.58 Å². The maximum atomic E-state index is 6.21. The molecule has 4 aliphatic rings. The lowest BCUT2D eigenvalue weighted by Gasteiger charge is -2.44. The molecule has 4 fully saturated rings. The Kier molecular flexibility index (Phi) is 4.87. The Hall–Kier alpha value is -1.63. The van der Waals surface area contributed by atoms with E-state index in [1.165, 1.54) is 45.1 Å².